The van der Waals surface area contributed by atoms with Crippen LogP contribution < -0.4 is 5.32 Å². The fraction of sp³-hybridized carbons (Fsp3) is 0.167. The highest BCUT2D eigenvalue weighted by atomic mass is 19.1. The number of halogens is 1. The van der Waals surface area contributed by atoms with Crippen LogP contribution in [0.3, 0.4) is 0 Å². The van der Waals surface area contributed by atoms with Crippen molar-refractivity contribution in [3.63, 3.8) is 0 Å². The molecule has 2 aromatic rings. The van der Waals surface area contributed by atoms with Crippen LogP contribution in [0.15, 0.2) is 30.6 Å². The molecule has 0 aliphatic heterocycles. The highest BCUT2D eigenvalue weighted by Gasteiger charge is 2.19. The molecule has 1 unspecified atom stereocenters. The van der Waals surface area contributed by atoms with Crippen molar-refractivity contribution < 1.29 is 14.3 Å². The van der Waals surface area contributed by atoms with E-state index in [2.05, 4.69) is 15.5 Å². The van der Waals surface area contributed by atoms with E-state index in [-0.39, 0.29) is 17.4 Å². The number of nitrogens with one attached hydrogen (secondary N) is 2. The van der Waals surface area contributed by atoms with Crippen LogP contribution in [-0.4, -0.2) is 21.2 Å². The first-order valence-electron chi connectivity index (χ1n) is 5.36. The summed E-state index contributed by atoms with van der Waals surface area (Å²) in [5, 5.41) is 18.4. The molecule has 94 valence electrons. The van der Waals surface area contributed by atoms with Gasteiger partial charge in [0.2, 0.25) is 0 Å². The van der Waals surface area contributed by atoms with Crippen LogP contribution in [0.2, 0.25) is 0 Å². The number of nitrogens with zero attached hydrogens (tertiary/aromatic N) is 1. The van der Waals surface area contributed by atoms with E-state index in [0.717, 1.165) is 11.6 Å². The standard InChI is InChI=1S/C12H12FN3O2/c1-7(8-5-14-15-6-8)16-12(18)11-9(13)3-2-4-10(11)17/h2-7,17H,1H3,(H,14,15)(H,16,18). The number of carbonyl (C=O) groups is 1. The van der Waals surface area contributed by atoms with Crippen LogP contribution >= 0.6 is 0 Å². The minimum Gasteiger partial charge on any atom is -0.507 e. The number of phenols is 1. The molecule has 1 aromatic heterocycles. The highest BCUT2D eigenvalue weighted by Crippen LogP contribution is 2.20. The summed E-state index contributed by atoms with van der Waals surface area (Å²) in [4.78, 5) is 11.9. The number of H-pyrrole nitrogens is 1. The van der Waals surface area contributed by atoms with Crippen molar-refractivity contribution in [3.05, 3.63) is 47.5 Å². The van der Waals surface area contributed by atoms with E-state index in [1.54, 1.807) is 19.3 Å². The summed E-state index contributed by atoms with van der Waals surface area (Å²) < 4.78 is 13.5. The predicted octanol–water partition coefficient (Wildman–Crippen LogP) is 1.75. The number of aromatic amines is 1. The second-order valence-electron chi connectivity index (χ2n) is 3.86. The third-order valence-electron chi connectivity index (χ3n) is 2.59. The van der Waals surface area contributed by atoms with Gasteiger partial charge in [-0.2, -0.15) is 5.10 Å². The van der Waals surface area contributed by atoms with Gasteiger partial charge in [0, 0.05) is 11.8 Å². The van der Waals surface area contributed by atoms with Crippen molar-refractivity contribution in [1.82, 2.24) is 15.5 Å². The van der Waals surface area contributed by atoms with Crippen molar-refractivity contribution in [2.75, 3.05) is 0 Å². The number of hydrogen-bond donors (Lipinski definition) is 3. The molecule has 6 heteroatoms. The zero-order chi connectivity index (χ0) is 13.1. The van der Waals surface area contributed by atoms with Gasteiger partial charge in [-0.3, -0.25) is 9.89 Å². The lowest BCUT2D eigenvalue weighted by atomic mass is 10.1. The maximum Gasteiger partial charge on any atom is 0.258 e. The molecule has 1 aromatic carbocycles. The molecule has 18 heavy (non-hydrogen) atoms. The first-order chi connectivity index (χ1) is 8.59. The first-order valence-corrected chi connectivity index (χ1v) is 5.36. The number of carbonyl (C=O) groups excluding carboxylic acids is 1. The Balaban J connectivity index is 2.18. The summed E-state index contributed by atoms with van der Waals surface area (Å²) in [5.41, 5.74) is 0.409. The Morgan fingerprint density at radius 2 is 2.33 bits per heavy atom. The molecule has 0 aliphatic rings. The summed E-state index contributed by atoms with van der Waals surface area (Å²) in [6, 6.07) is 3.38. The molecule has 5 nitrogen and oxygen atoms in total. The number of aromatic nitrogens is 2. The van der Waals surface area contributed by atoms with Gasteiger partial charge in [-0.1, -0.05) is 6.07 Å². The van der Waals surface area contributed by atoms with Gasteiger partial charge >= 0.3 is 0 Å². The minimum absolute atomic E-state index is 0.338. The Morgan fingerprint density at radius 3 is 2.94 bits per heavy atom. The third-order valence-corrected chi connectivity index (χ3v) is 2.59. The SMILES string of the molecule is CC(NC(=O)c1c(O)cccc1F)c1cn[nH]c1. The lowest BCUT2D eigenvalue weighted by Gasteiger charge is -2.13. The lowest BCUT2D eigenvalue weighted by Crippen LogP contribution is -2.27. The molecule has 1 heterocycles. The van der Waals surface area contributed by atoms with E-state index < -0.39 is 11.7 Å². The molecular weight excluding hydrogens is 237 g/mol. The maximum absolute atomic E-state index is 13.5. The largest absolute Gasteiger partial charge is 0.507 e. The summed E-state index contributed by atoms with van der Waals surface area (Å²) >= 11 is 0. The number of benzene rings is 1. The molecule has 1 atom stereocenters. The van der Waals surface area contributed by atoms with E-state index in [1.807, 2.05) is 0 Å². The molecule has 0 spiro atoms. The summed E-state index contributed by atoms with van der Waals surface area (Å²) in [7, 11) is 0. The average Bonchev–Trinajstić information content (AvgIpc) is 2.81. The smallest absolute Gasteiger partial charge is 0.258 e. The normalized spacial score (nSPS) is 12.1. The van der Waals surface area contributed by atoms with E-state index in [0.29, 0.717) is 0 Å². The monoisotopic (exact) mass is 249 g/mol. The molecular formula is C12H12FN3O2. The number of amides is 1. The molecule has 0 saturated carbocycles. The summed E-state index contributed by atoms with van der Waals surface area (Å²) in [6.07, 6.45) is 3.19. The van der Waals surface area contributed by atoms with Crippen LogP contribution in [0.25, 0.3) is 0 Å². The van der Waals surface area contributed by atoms with Crippen molar-refractivity contribution in [3.8, 4) is 5.75 Å². The van der Waals surface area contributed by atoms with Gasteiger partial charge < -0.3 is 10.4 Å². The zero-order valence-electron chi connectivity index (χ0n) is 9.64. The number of phenolic OH excluding ortho intramolecular Hbond substituents is 1. The van der Waals surface area contributed by atoms with Gasteiger partial charge in [-0.25, -0.2) is 4.39 Å². The van der Waals surface area contributed by atoms with Gasteiger partial charge in [-0.05, 0) is 19.1 Å². The topological polar surface area (TPSA) is 78.0 Å². The molecule has 2 rings (SSSR count). The van der Waals surface area contributed by atoms with Gasteiger partial charge in [-0.15, -0.1) is 0 Å². The van der Waals surface area contributed by atoms with E-state index in [4.69, 9.17) is 0 Å². The summed E-state index contributed by atoms with van der Waals surface area (Å²) in [6.45, 7) is 1.74. The average molecular weight is 249 g/mol. The Labute approximate surface area is 103 Å². The third kappa shape index (κ3) is 2.32. The second kappa shape index (κ2) is 4.87. The van der Waals surface area contributed by atoms with Crippen molar-refractivity contribution in [2.45, 2.75) is 13.0 Å². The minimum atomic E-state index is -0.758. The zero-order valence-corrected chi connectivity index (χ0v) is 9.64. The van der Waals surface area contributed by atoms with Gasteiger partial charge in [0.05, 0.1) is 12.2 Å². The first kappa shape index (κ1) is 12.1. The van der Waals surface area contributed by atoms with E-state index in [1.165, 1.54) is 12.1 Å². The summed E-state index contributed by atoms with van der Waals surface area (Å²) in [5.74, 6) is -1.81. The Hall–Kier alpha value is -2.37. The van der Waals surface area contributed by atoms with E-state index in [9.17, 15) is 14.3 Å². The number of hydrogen-bond acceptors (Lipinski definition) is 3. The maximum atomic E-state index is 13.5. The molecule has 0 bridgehead atoms. The molecule has 3 N–H and O–H groups in total. The Kier molecular flexibility index (Phi) is 3.27. The van der Waals surface area contributed by atoms with Gasteiger partial charge in [0.25, 0.3) is 5.91 Å². The molecule has 1 amide bonds. The van der Waals surface area contributed by atoms with Crippen LogP contribution in [0.4, 0.5) is 4.39 Å². The second-order valence-corrected chi connectivity index (χ2v) is 3.86. The molecule has 0 fully saturated rings. The molecule has 0 aliphatic carbocycles. The van der Waals surface area contributed by atoms with Crippen LogP contribution in [0, 0.1) is 5.82 Å². The molecule has 0 saturated heterocycles. The lowest BCUT2D eigenvalue weighted by molar-refractivity contribution is 0.0933. The van der Waals surface area contributed by atoms with Crippen LogP contribution in [0.5, 0.6) is 5.75 Å². The number of aromatic hydroxyl groups is 1. The fourth-order valence-corrected chi connectivity index (χ4v) is 1.59. The van der Waals surface area contributed by atoms with Gasteiger partial charge in [0.1, 0.15) is 17.1 Å². The Bertz CT molecular complexity index is 534. The Morgan fingerprint density at radius 1 is 1.56 bits per heavy atom. The highest BCUT2D eigenvalue weighted by molar-refractivity contribution is 5.97. The van der Waals surface area contributed by atoms with E-state index >= 15 is 0 Å². The molecule has 0 radical (unpaired) electrons. The number of rotatable bonds is 3. The van der Waals surface area contributed by atoms with Crippen molar-refractivity contribution in [2.24, 2.45) is 0 Å². The van der Waals surface area contributed by atoms with Crippen molar-refractivity contribution >= 4 is 5.91 Å². The van der Waals surface area contributed by atoms with Crippen LogP contribution in [0.1, 0.15) is 28.9 Å². The quantitative estimate of drug-likeness (QED) is 0.775. The fourth-order valence-electron chi connectivity index (χ4n) is 1.59. The predicted molar refractivity (Wildman–Crippen MR) is 62.5 cm³/mol. The van der Waals surface area contributed by atoms with Crippen LogP contribution in [-0.2, 0) is 0 Å². The van der Waals surface area contributed by atoms with Crippen molar-refractivity contribution in [1.29, 1.82) is 0 Å². The van der Waals surface area contributed by atoms with Gasteiger partial charge in [0.15, 0.2) is 0 Å².